The molecule has 0 saturated heterocycles. The number of hydrogen-bond donors (Lipinski definition) is 0. The molecule has 9 aromatic rings. The maximum Gasteiger partial charge on any atom is 0.309 e. The summed E-state index contributed by atoms with van der Waals surface area (Å²) in [7, 11) is 0. The van der Waals surface area contributed by atoms with Gasteiger partial charge in [0.2, 0.25) is 0 Å². The predicted molar refractivity (Wildman–Crippen MR) is 252 cm³/mol. The Morgan fingerprint density at radius 2 is 0.900 bits per heavy atom. The second-order valence-corrected chi connectivity index (χ2v) is 17.8. The average molecular weight is 792 g/mol. The zero-order valence-electron chi connectivity index (χ0n) is 35.3. The lowest BCUT2D eigenvalue weighted by Gasteiger charge is -2.14. The summed E-state index contributed by atoms with van der Waals surface area (Å²) in [6.07, 6.45) is 13.0. The summed E-state index contributed by atoms with van der Waals surface area (Å²) < 4.78 is 13.1. The van der Waals surface area contributed by atoms with Crippen LogP contribution in [0.15, 0.2) is 133 Å². The number of carbonyl (C=O) groups excluding carboxylic acids is 1. The number of ether oxygens (including phenoxy) is 1. The van der Waals surface area contributed by atoms with Crippen LogP contribution in [0.25, 0.3) is 76.8 Å². The second-order valence-electron chi connectivity index (χ2n) is 17.8. The standard InChI is InChI=1S/C55H57N3O2/c1-38-34-39(2)46(35-38)55(59)60-33-19-9-7-5-3-4-6-8-18-32-56-49-30-28-40(57-51-24-14-10-20-42(51)43-21-11-15-25-52(43)57)36-47(49)48-37-41(29-31-50(48)56)58-53-26-16-12-22-44(53)45-23-13-17-27-54(45)58/h10-17,20-31,36-39,46H,3-9,18-19,32-35H2,1-2H3. The highest BCUT2D eigenvalue weighted by molar-refractivity contribution is 6.13. The molecule has 3 atom stereocenters. The molecule has 304 valence electrons. The van der Waals surface area contributed by atoms with Crippen molar-refractivity contribution in [3.63, 3.8) is 0 Å². The maximum absolute atomic E-state index is 12.5. The number of unbranched alkanes of at least 4 members (excludes halogenated alkanes) is 8. The molecular formula is C55H57N3O2. The van der Waals surface area contributed by atoms with Crippen LogP contribution in [-0.2, 0) is 16.1 Å². The van der Waals surface area contributed by atoms with Crippen molar-refractivity contribution < 1.29 is 9.53 Å². The van der Waals surface area contributed by atoms with Gasteiger partial charge in [-0.1, -0.05) is 132 Å². The Bertz CT molecular complexity index is 2700. The highest BCUT2D eigenvalue weighted by atomic mass is 16.5. The van der Waals surface area contributed by atoms with Gasteiger partial charge in [-0.25, -0.2) is 0 Å². The van der Waals surface area contributed by atoms with E-state index < -0.39 is 0 Å². The maximum atomic E-state index is 12.5. The molecule has 0 spiro atoms. The Kier molecular flexibility index (Phi) is 10.7. The normalized spacial score (nSPS) is 17.0. The zero-order chi connectivity index (χ0) is 40.6. The molecule has 0 radical (unpaired) electrons. The van der Waals surface area contributed by atoms with E-state index in [4.69, 9.17) is 4.74 Å². The summed E-state index contributed by atoms with van der Waals surface area (Å²) in [4.78, 5) is 12.5. The predicted octanol–water partition coefficient (Wildman–Crippen LogP) is 14.7. The van der Waals surface area contributed by atoms with E-state index in [1.807, 2.05) is 0 Å². The number of para-hydroxylation sites is 4. The number of benzene rings is 6. The minimum Gasteiger partial charge on any atom is -0.465 e. The quantitative estimate of drug-likeness (QED) is 0.0766. The fraction of sp³-hybridized carbons (Fsp3) is 0.327. The van der Waals surface area contributed by atoms with E-state index in [9.17, 15) is 4.79 Å². The minimum atomic E-state index is 0.0426. The third-order valence-corrected chi connectivity index (χ3v) is 13.7. The molecule has 1 aliphatic carbocycles. The average Bonchev–Trinajstić information content (AvgIpc) is 4.00. The zero-order valence-corrected chi connectivity index (χ0v) is 35.3. The van der Waals surface area contributed by atoms with Gasteiger partial charge in [0.15, 0.2) is 0 Å². The molecule has 0 bridgehead atoms. The lowest BCUT2D eigenvalue weighted by Crippen LogP contribution is -2.20. The van der Waals surface area contributed by atoms with Crippen molar-refractivity contribution in [3.05, 3.63) is 133 Å². The van der Waals surface area contributed by atoms with Crippen molar-refractivity contribution in [1.82, 2.24) is 13.7 Å². The summed E-state index contributed by atoms with van der Waals surface area (Å²) in [6.45, 7) is 6.04. The van der Waals surface area contributed by atoms with E-state index in [1.54, 1.807) is 0 Å². The fourth-order valence-electron chi connectivity index (χ4n) is 10.8. The monoisotopic (exact) mass is 791 g/mol. The minimum absolute atomic E-state index is 0.0426. The number of nitrogens with zero attached hydrogens (tertiary/aromatic N) is 3. The highest BCUT2D eigenvalue weighted by Gasteiger charge is 2.35. The van der Waals surface area contributed by atoms with E-state index in [0.29, 0.717) is 18.4 Å². The van der Waals surface area contributed by atoms with Crippen molar-refractivity contribution in [3.8, 4) is 11.4 Å². The van der Waals surface area contributed by atoms with Gasteiger partial charge in [-0.2, -0.15) is 0 Å². The summed E-state index contributed by atoms with van der Waals surface area (Å²) in [6, 6.07) is 49.4. The van der Waals surface area contributed by atoms with Gasteiger partial charge in [0.1, 0.15) is 0 Å². The van der Waals surface area contributed by atoms with Gasteiger partial charge in [0, 0.05) is 61.3 Å². The Labute approximate surface area is 353 Å². The van der Waals surface area contributed by atoms with Crippen LogP contribution in [0.3, 0.4) is 0 Å². The van der Waals surface area contributed by atoms with Crippen LogP contribution < -0.4 is 0 Å². The Morgan fingerprint density at radius 3 is 1.33 bits per heavy atom. The molecule has 6 aromatic carbocycles. The number of hydrogen-bond acceptors (Lipinski definition) is 2. The summed E-state index contributed by atoms with van der Waals surface area (Å²) >= 11 is 0. The summed E-state index contributed by atoms with van der Waals surface area (Å²) in [5.74, 6) is 1.27. The third-order valence-electron chi connectivity index (χ3n) is 13.7. The lowest BCUT2D eigenvalue weighted by atomic mass is 9.99. The van der Waals surface area contributed by atoms with Crippen LogP contribution in [0.5, 0.6) is 0 Å². The Morgan fingerprint density at radius 1 is 0.483 bits per heavy atom. The number of fused-ring (bicyclic) bond motifs is 9. The van der Waals surface area contributed by atoms with Crippen molar-refractivity contribution in [1.29, 1.82) is 0 Å². The van der Waals surface area contributed by atoms with Crippen LogP contribution >= 0.6 is 0 Å². The largest absolute Gasteiger partial charge is 0.465 e. The molecule has 60 heavy (non-hydrogen) atoms. The number of esters is 1. The van der Waals surface area contributed by atoms with Gasteiger partial charge in [-0.15, -0.1) is 0 Å². The van der Waals surface area contributed by atoms with E-state index in [0.717, 1.165) is 38.6 Å². The van der Waals surface area contributed by atoms with Gasteiger partial charge in [0.05, 0.1) is 34.6 Å². The van der Waals surface area contributed by atoms with Gasteiger partial charge in [-0.05, 0) is 98.2 Å². The first-order valence-corrected chi connectivity index (χ1v) is 22.7. The van der Waals surface area contributed by atoms with Crippen LogP contribution in [0.2, 0.25) is 0 Å². The van der Waals surface area contributed by atoms with Gasteiger partial charge in [-0.3, -0.25) is 4.79 Å². The molecule has 5 nitrogen and oxygen atoms in total. The van der Waals surface area contributed by atoms with Gasteiger partial charge < -0.3 is 18.4 Å². The molecule has 3 heterocycles. The van der Waals surface area contributed by atoms with Crippen LogP contribution in [0.1, 0.15) is 84.5 Å². The smallest absolute Gasteiger partial charge is 0.309 e. The molecule has 0 aliphatic heterocycles. The number of carbonyl (C=O) groups is 1. The first-order valence-electron chi connectivity index (χ1n) is 22.7. The van der Waals surface area contributed by atoms with E-state index >= 15 is 0 Å². The van der Waals surface area contributed by atoms with Gasteiger partial charge >= 0.3 is 5.97 Å². The molecule has 0 amide bonds. The van der Waals surface area contributed by atoms with E-state index in [1.165, 1.54) is 115 Å². The first kappa shape index (κ1) is 38.4. The van der Waals surface area contributed by atoms with Crippen LogP contribution in [0.4, 0.5) is 0 Å². The summed E-state index contributed by atoms with van der Waals surface area (Å²) in [5, 5.41) is 7.72. The van der Waals surface area contributed by atoms with Crippen LogP contribution in [-0.4, -0.2) is 26.3 Å². The second kappa shape index (κ2) is 16.7. The summed E-state index contributed by atoms with van der Waals surface area (Å²) in [5.41, 5.74) is 9.91. The molecule has 0 N–H and O–H groups in total. The first-order chi connectivity index (χ1) is 29.5. The molecular weight excluding hydrogens is 735 g/mol. The lowest BCUT2D eigenvalue weighted by molar-refractivity contribution is -0.149. The Hall–Kier alpha value is -5.81. The van der Waals surface area contributed by atoms with E-state index in [2.05, 4.69) is 161 Å². The molecule has 10 rings (SSSR count). The van der Waals surface area contributed by atoms with Crippen molar-refractivity contribution in [2.24, 2.45) is 17.8 Å². The molecule has 1 aliphatic rings. The fourth-order valence-corrected chi connectivity index (χ4v) is 10.8. The van der Waals surface area contributed by atoms with E-state index in [-0.39, 0.29) is 11.9 Å². The Balaban J connectivity index is 0.870. The van der Waals surface area contributed by atoms with Crippen molar-refractivity contribution in [2.75, 3.05) is 6.61 Å². The van der Waals surface area contributed by atoms with Crippen molar-refractivity contribution >= 4 is 71.4 Å². The van der Waals surface area contributed by atoms with Gasteiger partial charge in [0.25, 0.3) is 0 Å². The number of aromatic nitrogens is 3. The molecule has 3 aromatic heterocycles. The topological polar surface area (TPSA) is 41.1 Å². The highest BCUT2D eigenvalue weighted by Crippen LogP contribution is 2.39. The van der Waals surface area contributed by atoms with Crippen LogP contribution in [0, 0.1) is 17.8 Å². The molecule has 1 fully saturated rings. The molecule has 1 saturated carbocycles. The third kappa shape index (κ3) is 7.06. The number of aryl methyl sites for hydroxylation is 1. The molecule has 3 unspecified atom stereocenters. The van der Waals surface area contributed by atoms with Crippen molar-refractivity contribution in [2.45, 2.75) is 91.0 Å². The SMILES string of the molecule is CC1CC(C)C(C(=O)OCCCCCCCCCCCn2c3ccc(-n4c5ccccc5c5ccccc54)cc3c3cc(-n4c5ccccc5c5ccccc54)ccc32)C1. The number of rotatable bonds is 15. The molecule has 5 heteroatoms.